The fraction of sp³-hybridized carbons (Fsp3) is 0.111. The van der Waals surface area contributed by atoms with Gasteiger partial charge in [0.1, 0.15) is 17.6 Å². The van der Waals surface area contributed by atoms with Crippen LogP contribution in [-0.2, 0) is 0 Å². The molecule has 3 rings (SSSR count). The minimum absolute atomic E-state index is 0.113. The van der Waals surface area contributed by atoms with Gasteiger partial charge in [0.15, 0.2) is 0 Å². The number of phenolic OH excluding ortho intramolecular Hbond substituents is 1. The van der Waals surface area contributed by atoms with Crippen molar-refractivity contribution in [1.29, 1.82) is 0 Å². The average Bonchev–Trinajstić information content (AvgIpc) is 2.56. The fourth-order valence-corrected chi connectivity index (χ4v) is 2.25. The molecule has 0 fully saturated rings. The summed E-state index contributed by atoms with van der Waals surface area (Å²) in [4.78, 5) is 11.9. The van der Waals surface area contributed by atoms with Crippen molar-refractivity contribution in [2.45, 2.75) is 13.0 Å². The molecule has 0 bridgehead atoms. The van der Waals surface area contributed by atoms with Gasteiger partial charge in [-0.1, -0.05) is 18.2 Å². The summed E-state index contributed by atoms with van der Waals surface area (Å²) in [6.07, 6.45) is 3.43. The first-order valence-electron chi connectivity index (χ1n) is 7.23. The van der Waals surface area contributed by atoms with Crippen molar-refractivity contribution in [3.05, 3.63) is 65.2 Å². The number of fused-ring (bicyclic) bond motifs is 1. The lowest BCUT2D eigenvalue weighted by Crippen LogP contribution is -2.22. The van der Waals surface area contributed by atoms with E-state index in [1.165, 1.54) is 24.3 Å². The molecule has 5 heteroatoms. The highest BCUT2D eigenvalue weighted by Gasteiger charge is 2.16. The molecule has 0 aliphatic carbocycles. The molecule has 0 radical (unpaired) electrons. The number of aromatic hydroxyl groups is 1. The Kier molecular flexibility index (Phi) is 4.10. The second-order valence-electron chi connectivity index (χ2n) is 5.19. The Bertz CT molecular complexity index is 779. The highest BCUT2D eigenvalue weighted by Crippen LogP contribution is 2.28. The molecular weight excluding hydrogens is 292 g/mol. The molecule has 1 heterocycles. The number of amides is 1. The van der Waals surface area contributed by atoms with Crippen molar-refractivity contribution < 1.29 is 14.6 Å². The predicted molar refractivity (Wildman–Crippen MR) is 88.6 cm³/mol. The molecule has 0 spiro atoms. The first-order chi connectivity index (χ1) is 11.1. The molecule has 0 saturated carbocycles. The summed E-state index contributed by atoms with van der Waals surface area (Å²) in [5, 5.41) is 13.2. The summed E-state index contributed by atoms with van der Waals surface area (Å²) >= 11 is 0. The van der Waals surface area contributed by atoms with Crippen molar-refractivity contribution in [3.63, 3.8) is 0 Å². The van der Waals surface area contributed by atoms with Crippen molar-refractivity contribution in [3.8, 4) is 11.5 Å². The molecule has 1 aliphatic heterocycles. The number of hydrogen-bond acceptors (Lipinski definition) is 4. The van der Waals surface area contributed by atoms with Crippen molar-refractivity contribution in [1.82, 2.24) is 5.43 Å². The van der Waals surface area contributed by atoms with E-state index in [9.17, 15) is 9.90 Å². The number of nitrogens with zero attached hydrogens (tertiary/aromatic N) is 1. The number of nitrogens with one attached hydrogen (secondary N) is 1. The lowest BCUT2D eigenvalue weighted by molar-refractivity contribution is 0.0955. The summed E-state index contributed by atoms with van der Waals surface area (Å²) in [6.45, 7) is 1.93. The molecule has 1 unspecified atom stereocenters. The molecule has 2 aromatic rings. The third-order valence-electron chi connectivity index (χ3n) is 3.52. The van der Waals surface area contributed by atoms with Gasteiger partial charge < -0.3 is 9.84 Å². The molecule has 1 atom stereocenters. The Balaban J connectivity index is 1.69. The minimum atomic E-state index is -0.341. The van der Waals surface area contributed by atoms with Gasteiger partial charge in [0, 0.05) is 16.7 Å². The Labute approximate surface area is 133 Å². The Morgan fingerprint density at radius 1 is 1.22 bits per heavy atom. The van der Waals surface area contributed by atoms with Crippen LogP contribution in [-0.4, -0.2) is 23.3 Å². The average molecular weight is 308 g/mol. The van der Waals surface area contributed by atoms with Crippen LogP contribution in [0.4, 0.5) is 0 Å². The third kappa shape index (κ3) is 3.40. The molecule has 2 aromatic carbocycles. The second-order valence-corrected chi connectivity index (χ2v) is 5.19. The number of hydrazone groups is 1. The largest absolute Gasteiger partial charge is 0.508 e. The molecule has 0 saturated heterocycles. The number of phenols is 1. The van der Waals surface area contributed by atoms with E-state index in [1.54, 1.807) is 6.21 Å². The van der Waals surface area contributed by atoms with Crippen molar-refractivity contribution in [2.75, 3.05) is 0 Å². The normalized spacial score (nSPS) is 16.4. The van der Waals surface area contributed by atoms with Gasteiger partial charge in [-0.2, -0.15) is 5.10 Å². The van der Waals surface area contributed by atoms with Gasteiger partial charge in [-0.15, -0.1) is 0 Å². The van der Waals surface area contributed by atoms with Crippen LogP contribution in [0.1, 0.15) is 22.8 Å². The minimum Gasteiger partial charge on any atom is -0.508 e. The number of hydrogen-bond donors (Lipinski definition) is 2. The maximum absolute atomic E-state index is 11.9. The van der Waals surface area contributed by atoms with Crippen LogP contribution in [0.5, 0.6) is 11.5 Å². The van der Waals surface area contributed by atoms with E-state index in [4.69, 9.17) is 4.74 Å². The highest BCUT2D eigenvalue weighted by atomic mass is 16.5. The summed E-state index contributed by atoms with van der Waals surface area (Å²) in [5.74, 6) is 0.610. The number of carbonyl (C=O) groups is 1. The third-order valence-corrected chi connectivity index (χ3v) is 3.52. The van der Waals surface area contributed by atoms with Crippen LogP contribution < -0.4 is 10.2 Å². The van der Waals surface area contributed by atoms with Gasteiger partial charge in [-0.25, -0.2) is 5.43 Å². The number of para-hydroxylation sites is 1. The van der Waals surface area contributed by atoms with E-state index in [0.29, 0.717) is 5.56 Å². The lowest BCUT2D eigenvalue weighted by atomic mass is 10.0. The molecule has 116 valence electrons. The van der Waals surface area contributed by atoms with Gasteiger partial charge >= 0.3 is 0 Å². The zero-order valence-corrected chi connectivity index (χ0v) is 12.6. The van der Waals surface area contributed by atoms with Crippen molar-refractivity contribution >= 4 is 18.2 Å². The van der Waals surface area contributed by atoms with Gasteiger partial charge in [0.2, 0.25) is 0 Å². The van der Waals surface area contributed by atoms with Gasteiger partial charge in [0.25, 0.3) is 5.91 Å². The number of rotatable bonds is 3. The monoisotopic (exact) mass is 308 g/mol. The number of ether oxygens (including phenoxy) is 1. The van der Waals surface area contributed by atoms with E-state index < -0.39 is 0 Å². The fourth-order valence-electron chi connectivity index (χ4n) is 2.25. The van der Waals surface area contributed by atoms with E-state index in [1.807, 2.05) is 37.3 Å². The zero-order valence-electron chi connectivity index (χ0n) is 12.6. The quantitative estimate of drug-likeness (QED) is 0.676. The summed E-state index contributed by atoms with van der Waals surface area (Å²) in [6, 6.07) is 13.7. The number of carbonyl (C=O) groups excluding carboxylic acids is 1. The van der Waals surface area contributed by atoms with Crippen LogP contribution in [0.3, 0.4) is 0 Å². The Hall–Kier alpha value is -3.08. The molecule has 5 nitrogen and oxygen atoms in total. The smallest absolute Gasteiger partial charge is 0.271 e. The molecule has 23 heavy (non-hydrogen) atoms. The van der Waals surface area contributed by atoms with Gasteiger partial charge in [-0.3, -0.25) is 4.79 Å². The van der Waals surface area contributed by atoms with Crippen LogP contribution in [0, 0.1) is 0 Å². The van der Waals surface area contributed by atoms with E-state index in [0.717, 1.165) is 16.9 Å². The molecule has 1 amide bonds. The number of benzene rings is 2. The van der Waals surface area contributed by atoms with E-state index in [2.05, 4.69) is 10.5 Å². The summed E-state index contributed by atoms with van der Waals surface area (Å²) < 4.78 is 5.80. The maximum Gasteiger partial charge on any atom is 0.271 e. The second kappa shape index (κ2) is 6.36. The topological polar surface area (TPSA) is 70.9 Å². The zero-order chi connectivity index (χ0) is 16.2. The molecular formula is C18H16N2O3. The van der Waals surface area contributed by atoms with Crippen LogP contribution in [0.15, 0.2) is 59.2 Å². The highest BCUT2D eigenvalue weighted by molar-refractivity contribution is 5.95. The molecule has 0 aromatic heterocycles. The first kappa shape index (κ1) is 14.8. The Morgan fingerprint density at radius 3 is 2.74 bits per heavy atom. The summed E-state index contributed by atoms with van der Waals surface area (Å²) in [7, 11) is 0. The van der Waals surface area contributed by atoms with Crippen molar-refractivity contribution in [2.24, 2.45) is 5.10 Å². The SMILES string of the molecule is CC1Oc2ccccc2C=C1/C=N/NC(=O)c1ccc(O)cc1. The van der Waals surface area contributed by atoms with E-state index >= 15 is 0 Å². The van der Waals surface area contributed by atoms with Crippen LogP contribution in [0.25, 0.3) is 6.08 Å². The molecule has 1 aliphatic rings. The lowest BCUT2D eigenvalue weighted by Gasteiger charge is -2.22. The summed E-state index contributed by atoms with van der Waals surface area (Å²) in [5.41, 5.74) is 4.74. The standard InChI is InChI=1S/C18H16N2O3/c1-12-15(10-14-4-2-3-5-17(14)23-12)11-19-20-18(22)13-6-8-16(21)9-7-13/h2-12,21H,1H3,(H,20,22)/b19-11+. The van der Waals surface area contributed by atoms with Gasteiger partial charge in [0.05, 0.1) is 6.21 Å². The maximum atomic E-state index is 11.9. The van der Waals surface area contributed by atoms with Crippen LogP contribution in [0.2, 0.25) is 0 Å². The van der Waals surface area contributed by atoms with Gasteiger partial charge in [-0.05, 0) is 43.3 Å². The van der Waals surface area contributed by atoms with E-state index in [-0.39, 0.29) is 17.8 Å². The van der Waals surface area contributed by atoms with Crippen LogP contribution >= 0.6 is 0 Å². The Morgan fingerprint density at radius 2 is 1.96 bits per heavy atom. The predicted octanol–water partition coefficient (Wildman–Crippen LogP) is 2.97. The first-order valence-corrected chi connectivity index (χ1v) is 7.23. The molecule has 2 N–H and O–H groups in total.